The first-order valence-corrected chi connectivity index (χ1v) is 5.94. The number of benzene rings is 1. The lowest BCUT2D eigenvalue weighted by molar-refractivity contribution is 0.459. The molecule has 0 aliphatic heterocycles. The SMILES string of the molecule is N#Cc1ccc(Br)c(C2(N)CCCC2)c1. The zero-order chi connectivity index (χ0) is 10.9. The van der Waals surface area contributed by atoms with Crippen LogP contribution in [-0.2, 0) is 5.54 Å². The number of hydrogen-bond donors (Lipinski definition) is 1. The van der Waals surface area contributed by atoms with Crippen LogP contribution in [0, 0.1) is 11.3 Å². The molecule has 0 amide bonds. The quantitative estimate of drug-likeness (QED) is 0.848. The van der Waals surface area contributed by atoms with E-state index in [0.717, 1.165) is 22.9 Å². The van der Waals surface area contributed by atoms with E-state index in [1.807, 2.05) is 18.2 Å². The Balaban J connectivity index is 2.47. The van der Waals surface area contributed by atoms with E-state index >= 15 is 0 Å². The molecular weight excluding hydrogens is 252 g/mol. The van der Waals surface area contributed by atoms with Gasteiger partial charge in [0.05, 0.1) is 11.6 Å². The van der Waals surface area contributed by atoms with E-state index in [0.29, 0.717) is 5.56 Å². The fourth-order valence-electron chi connectivity index (χ4n) is 2.25. The summed E-state index contributed by atoms with van der Waals surface area (Å²) in [7, 11) is 0. The summed E-state index contributed by atoms with van der Waals surface area (Å²) in [5.74, 6) is 0. The van der Waals surface area contributed by atoms with Crippen molar-refractivity contribution < 1.29 is 0 Å². The molecule has 0 atom stereocenters. The number of hydrogen-bond acceptors (Lipinski definition) is 2. The average Bonchev–Trinajstić information content (AvgIpc) is 2.67. The lowest BCUT2D eigenvalue weighted by Gasteiger charge is -2.25. The van der Waals surface area contributed by atoms with E-state index in [1.165, 1.54) is 12.8 Å². The Labute approximate surface area is 98.2 Å². The molecule has 1 saturated carbocycles. The summed E-state index contributed by atoms with van der Waals surface area (Å²) in [6.45, 7) is 0. The summed E-state index contributed by atoms with van der Waals surface area (Å²) < 4.78 is 1.02. The third-order valence-electron chi connectivity index (χ3n) is 3.13. The van der Waals surface area contributed by atoms with E-state index in [4.69, 9.17) is 11.0 Å². The van der Waals surface area contributed by atoms with Crippen molar-refractivity contribution in [1.82, 2.24) is 0 Å². The van der Waals surface area contributed by atoms with Gasteiger partial charge in [0.25, 0.3) is 0 Å². The van der Waals surface area contributed by atoms with Crippen LogP contribution in [0.1, 0.15) is 36.8 Å². The fraction of sp³-hybridized carbons (Fsp3) is 0.417. The first-order valence-electron chi connectivity index (χ1n) is 5.15. The van der Waals surface area contributed by atoms with Gasteiger partial charge < -0.3 is 5.73 Å². The molecule has 1 aliphatic carbocycles. The maximum atomic E-state index is 8.87. The summed E-state index contributed by atoms with van der Waals surface area (Å²) >= 11 is 3.52. The van der Waals surface area contributed by atoms with E-state index in [2.05, 4.69) is 22.0 Å². The van der Waals surface area contributed by atoms with Crippen LogP contribution in [-0.4, -0.2) is 0 Å². The van der Waals surface area contributed by atoms with Crippen LogP contribution in [0.2, 0.25) is 0 Å². The minimum absolute atomic E-state index is 0.230. The van der Waals surface area contributed by atoms with Gasteiger partial charge in [-0.1, -0.05) is 28.8 Å². The molecule has 0 bridgehead atoms. The Morgan fingerprint density at radius 3 is 2.60 bits per heavy atom. The van der Waals surface area contributed by atoms with E-state index < -0.39 is 0 Å². The number of nitriles is 1. The van der Waals surface area contributed by atoms with Crippen LogP contribution in [0.4, 0.5) is 0 Å². The molecule has 0 saturated heterocycles. The molecule has 2 rings (SSSR count). The van der Waals surface area contributed by atoms with E-state index in [9.17, 15) is 0 Å². The third-order valence-corrected chi connectivity index (χ3v) is 3.82. The van der Waals surface area contributed by atoms with E-state index in [1.54, 1.807) is 0 Å². The number of rotatable bonds is 1. The second-order valence-electron chi connectivity index (χ2n) is 4.17. The predicted octanol–water partition coefficient (Wildman–Crippen LogP) is 3.05. The number of nitrogens with two attached hydrogens (primary N) is 1. The topological polar surface area (TPSA) is 49.8 Å². The molecule has 0 aromatic heterocycles. The van der Waals surface area contributed by atoms with Crippen LogP contribution < -0.4 is 5.73 Å². The minimum atomic E-state index is -0.230. The summed E-state index contributed by atoms with van der Waals surface area (Å²) in [5, 5.41) is 8.87. The molecule has 0 unspecified atom stereocenters. The maximum Gasteiger partial charge on any atom is 0.0991 e. The van der Waals surface area contributed by atoms with Crippen LogP contribution >= 0.6 is 15.9 Å². The molecule has 1 aromatic carbocycles. The van der Waals surface area contributed by atoms with Crippen molar-refractivity contribution in [3.8, 4) is 6.07 Å². The lowest BCUT2D eigenvalue weighted by atomic mass is 9.88. The first-order chi connectivity index (χ1) is 7.15. The van der Waals surface area contributed by atoms with Gasteiger partial charge in [0.15, 0.2) is 0 Å². The van der Waals surface area contributed by atoms with Gasteiger partial charge in [-0.25, -0.2) is 0 Å². The molecule has 0 heterocycles. The summed E-state index contributed by atoms with van der Waals surface area (Å²) in [6.07, 6.45) is 4.39. The van der Waals surface area contributed by atoms with Gasteiger partial charge in [0.2, 0.25) is 0 Å². The van der Waals surface area contributed by atoms with Crippen LogP contribution in [0.3, 0.4) is 0 Å². The van der Waals surface area contributed by atoms with Gasteiger partial charge in [-0.3, -0.25) is 0 Å². The van der Waals surface area contributed by atoms with Gasteiger partial charge in [-0.2, -0.15) is 5.26 Å². The molecule has 2 N–H and O–H groups in total. The molecule has 3 heteroatoms. The number of halogens is 1. The standard InChI is InChI=1S/C12H13BrN2/c13-11-4-3-9(8-14)7-10(11)12(15)5-1-2-6-12/h3-4,7H,1-2,5-6,15H2. The fourth-order valence-corrected chi connectivity index (χ4v) is 2.89. The normalized spacial score (nSPS) is 18.7. The van der Waals surface area contributed by atoms with Crippen LogP contribution in [0.15, 0.2) is 22.7 Å². The summed E-state index contributed by atoms with van der Waals surface area (Å²) in [6, 6.07) is 7.80. The van der Waals surface area contributed by atoms with Crippen molar-refractivity contribution in [2.45, 2.75) is 31.2 Å². The molecule has 1 aliphatic rings. The molecule has 1 aromatic rings. The highest BCUT2D eigenvalue weighted by atomic mass is 79.9. The molecule has 78 valence electrons. The van der Waals surface area contributed by atoms with Crippen molar-refractivity contribution in [2.75, 3.05) is 0 Å². The zero-order valence-corrected chi connectivity index (χ0v) is 10.0. The number of nitrogens with zero attached hydrogens (tertiary/aromatic N) is 1. The third kappa shape index (κ3) is 1.92. The Hall–Kier alpha value is -0.850. The van der Waals surface area contributed by atoms with Crippen molar-refractivity contribution in [3.63, 3.8) is 0 Å². The van der Waals surface area contributed by atoms with Crippen molar-refractivity contribution in [3.05, 3.63) is 33.8 Å². The summed E-state index contributed by atoms with van der Waals surface area (Å²) in [5.41, 5.74) is 7.90. The lowest BCUT2D eigenvalue weighted by Crippen LogP contribution is -2.33. The monoisotopic (exact) mass is 264 g/mol. The van der Waals surface area contributed by atoms with Crippen molar-refractivity contribution in [2.24, 2.45) is 5.73 Å². The first kappa shape index (κ1) is 10.7. The maximum absolute atomic E-state index is 8.87. The summed E-state index contributed by atoms with van der Waals surface area (Å²) in [4.78, 5) is 0. The molecular formula is C12H13BrN2. The predicted molar refractivity (Wildman–Crippen MR) is 63.2 cm³/mol. The van der Waals surface area contributed by atoms with Gasteiger partial charge >= 0.3 is 0 Å². The van der Waals surface area contributed by atoms with E-state index in [-0.39, 0.29) is 5.54 Å². The highest BCUT2D eigenvalue weighted by Gasteiger charge is 2.32. The molecule has 15 heavy (non-hydrogen) atoms. The van der Waals surface area contributed by atoms with Crippen molar-refractivity contribution in [1.29, 1.82) is 5.26 Å². The van der Waals surface area contributed by atoms with Crippen LogP contribution in [0.25, 0.3) is 0 Å². The van der Waals surface area contributed by atoms with Crippen molar-refractivity contribution >= 4 is 15.9 Å². The average molecular weight is 265 g/mol. The largest absolute Gasteiger partial charge is 0.321 e. The van der Waals surface area contributed by atoms with Crippen LogP contribution in [0.5, 0.6) is 0 Å². The minimum Gasteiger partial charge on any atom is -0.321 e. The Morgan fingerprint density at radius 1 is 1.33 bits per heavy atom. The second kappa shape index (κ2) is 3.96. The molecule has 1 fully saturated rings. The molecule has 0 spiro atoms. The Kier molecular flexibility index (Phi) is 2.81. The van der Waals surface area contributed by atoms with Gasteiger partial charge in [-0.05, 0) is 36.6 Å². The van der Waals surface area contributed by atoms with Gasteiger partial charge in [0, 0.05) is 10.0 Å². The van der Waals surface area contributed by atoms with Gasteiger partial charge in [0.1, 0.15) is 0 Å². The Morgan fingerprint density at radius 2 is 2.00 bits per heavy atom. The smallest absolute Gasteiger partial charge is 0.0991 e. The van der Waals surface area contributed by atoms with Gasteiger partial charge in [-0.15, -0.1) is 0 Å². The Bertz CT molecular complexity index is 414. The highest BCUT2D eigenvalue weighted by Crippen LogP contribution is 2.39. The molecule has 0 radical (unpaired) electrons. The highest BCUT2D eigenvalue weighted by molar-refractivity contribution is 9.10. The zero-order valence-electron chi connectivity index (χ0n) is 8.46. The second-order valence-corrected chi connectivity index (χ2v) is 5.02. The molecule has 2 nitrogen and oxygen atoms in total.